The summed E-state index contributed by atoms with van der Waals surface area (Å²) in [4.78, 5) is 0. The number of benzene rings is 2. The lowest BCUT2D eigenvalue weighted by atomic mass is 10.0. The third-order valence-electron chi connectivity index (χ3n) is 5.42. The molecule has 1 aliphatic rings. The number of aryl methyl sites for hydroxylation is 1. The molecule has 1 saturated carbocycles. The third-order valence-corrected chi connectivity index (χ3v) is 7.12. The van der Waals surface area contributed by atoms with E-state index in [1.54, 1.807) is 4.68 Å². The Morgan fingerprint density at radius 1 is 0.967 bits per heavy atom. The van der Waals surface area contributed by atoms with Crippen LogP contribution in [0.5, 0.6) is 11.6 Å². The molecule has 5 nitrogen and oxygen atoms in total. The molecule has 6 heteroatoms. The molecular weight excluding hydrogens is 390 g/mol. The summed E-state index contributed by atoms with van der Waals surface area (Å²) in [7, 11) is -1.11. The third kappa shape index (κ3) is 5.37. The van der Waals surface area contributed by atoms with Gasteiger partial charge in [0.15, 0.2) is 0 Å². The van der Waals surface area contributed by atoms with Crippen molar-refractivity contribution in [1.29, 1.82) is 0 Å². The quantitative estimate of drug-likeness (QED) is 0.303. The molecule has 0 bridgehead atoms. The average molecular weight is 422 g/mol. The molecule has 0 amide bonds. The Hall–Kier alpha value is -2.44. The van der Waals surface area contributed by atoms with Crippen LogP contribution in [-0.4, -0.2) is 29.7 Å². The van der Waals surface area contributed by atoms with Crippen molar-refractivity contribution in [2.75, 3.05) is 6.61 Å². The van der Waals surface area contributed by atoms with Crippen LogP contribution in [0.1, 0.15) is 30.0 Å². The van der Waals surface area contributed by atoms with Crippen molar-refractivity contribution >= 4 is 8.07 Å². The van der Waals surface area contributed by atoms with Crippen molar-refractivity contribution in [2.24, 2.45) is 0 Å². The molecule has 0 aliphatic heterocycles. The first kappa shape index (κ1) is 20.8. The first-order chi connectivity index (χ1) is 14.4. The maximum Gasteiger partial charge on any atom is 0.243 e. The lowest BCUT2D eigenvalue weighted by Crippen LogP contribution is -2.22. The van der Waals surface area contributed by atoms with Crippen molar-refractivity contribution in [3.8, 4) is 22.8 Å². The minimum absolute atomic E-state index is 0.353. The number of nitrogens with zero attached hydrogens (tertiary/aromatic N) is 3. The van der Waals surface area contributed by atoms with Gasteiger partial charge in [-0.25, -0.2) is 0 Å². The topological polar surface area (TPSA) is 49.2 Å². The van der Waals surface area contributed by atoms with E-state index in [9.17, 15) is 0 Å². The molecule has 30 heavy (non-hydrogen) atoms. The summed E-state index contributed by atoms with van der Waals surface area (Å²) in [6.45, 7) is 10.0. The van der Waals surface area contributed by atoms with Crippen LogP contribution in [0.2, 0.25) is 25.7 Å². The van der Waals surface area contributed by atoms with E-state index in [4.69, 9.17) is 9.47 Å². The van der Waals surface area contributed by atoms with Gasteiger partial charge in [0.2, 0.25) is 5.88 Å². The van der Waals surface area contributed by atoms with E-state index < -0.39 is 8.07 Å². The van der Waals surface area contributed by atoms with Crippen LogP contribution in [0.3, 0.4) is 0 Å². The van der Waals surface area contributed by atoms with Crippen molar-refractivity contribution in [1.82, 2.24) is 15.0 Å². The highest BCUT2D eigenvalue weighted by atomic mass is 28.3. The van der Waals surface area contributed by atoms with Crippen LogP contribution in [-0.2, 0) is 11.5 Å². The molecule has 0 radical (unpaired) electrons. The Morgan fingerprint density at radius 3 is 2.20 bits per heavy atom. The summed E-state index contributed by atoms with van der Waals surface area (Å²) in [6.07, 6.45) is 2.67. The zero-order chi connectivity index (χ0) is 21.1. The van der Waals surface area contributed by atoms with Crippen LogP contribution >= 0.6 is 0 Å². The maximum absolute atomic E-state index is 6.09. The van der Waals surface area contributed by atoms with Crippen LogP contribution in [0.15, 0.2) is 48.5 Å². The molecule has 0 atom stereocenters. The van der Waals surface area contributed by atoms with E-state index in [-0.39, 0.29) is 0 Å². The summed E-state index contributed by atoms with van der Waals surface area (Å²) in [5.74, 6) is 2.18. The van der Waals surface area contributed by atoms with Crippen molar-refractivity contribution < 1.29 is 9.47 Å². The molecule has 158 valence electrons. The maximum atomic E-state index is 6.09. The van der Waals surface area contributed by atoms with Gasteiger partial charge in [-0.2, -0.15) is 4.68 Å². The van der Waals surface area contributed by atoms with Gasteiger partial charge in [0, 0.05) is 14.7 Å². The van der Waals surface area contributed by atoms with Crippen molar-refractivity contribution in [3.63, 3.8) is 0 Å². The molecule has 1 aliphatic carbocycles. The van der Waals surface area contributed by atoms with Crippen LogP contribution in [0.4, 0.5) is 0 Å². The predicted octanol–water partition coefficient (Wildman–Crippen LogP) is 6.24. The lowest BCUT2D eigenvalue weighted by Gasteiger charge is -2.15. The fourth-order valence-electron chi connectivity index (χ4n) is 3.32. The number of hydrogen-bond donors (Lipinski definition) is 0. The van der Waals surface area contributed by atoms with E-state index in [0.717, 1.165) is 30.0 Å². The monoisotopic (exact) mass is 421 g/mol. The number of hydrogen-bond acceptors (Lipinski definition) is 4. The van der Waals surface area contributed by atoms with E-state index in [2.05, 4.69) is 66.4 Å². The molecule has 1 aromatic heterocycles. The number of aromatic nitrogens is 3. The van der Waals surface area contributed by atoms with Gasteiger partial charge in [-0.15, -0.1) is 5.10 Å². The highest BCUT2D eigenvalue weighted by Gasteiger charge is 2.23. The standard InChI is InChI=1S/C24H31N3O2Si/c1-18-24(27(26-25-18)17-28-15-16-30(2,3)4)29-23-13-11-22(12-14-23)21-9-7-20(8-10-21)19-5-6-19/h7-14,19H,5-6,15-17H2,1-4H3. The Bertz CT molecular complexity index is 971. The van der Waals surface area contributed by atoms with Gasteiger partial charge in [-0.05, 0) is 60.6 Å². The summed E-state index contributed by atoms with van der Waals surface area (Å²) >= 11 is 0. The Balaban J connectivity index is 1.39. The molecule has 2 aromatic carbocycles. The van der Waals surface area contributed by atoms with Crippen LogP contribution < -0.4 is 4.74 Å². The van der Waals surface area contributed by atoms with E-state index in [1.807, 2.05) is 19.1 Å². The highest BCUT2D eigenvalue weighted by Crippen LogP contribution is 2.40. The summed E-state index contributed by atoms with van der Waals surface area (Å²) in [6, 6.07) is 18.2. The van der Waals surface area contributed by atoms with Gasteiger partial charge in [-0.3, -0.25) is 0 Å². The average Bonchev–Trinajstić information content (AvgIpc) is 3.52. The summed E-state index contributed by atoms with van der Waals surface area (Å²) in [5, 5.41) is 8.32. The second-order valence-corrected chi connectivity index (χ2v) is 15.0. The van der Waals surface area contributed by atoms with E-state index in [1.165, 1.54) is 29.5 Å². The van der Waals surface area contributed by atoms with E-state index >= 15 is 0 Å². The Labute approximate surface area is 180 Å². The second kappa shape index (κ2) is 8.74. The highest BCUT2D eigenvalue weighted by molar-refractivity contribution is 6.76. The molecule has 0 N–H and O–H groups in total. The van der Waals surface area contributed by atoms with Gasteiger partial charge in [0.25, 0.3) is 0 Å². The van der Waals surface area contributed by atoms with Gasteiger partial charge < -0.3 is 9.47 Å². The van der Waals surface area contributed by atoms with Gasteiger partial charge >= 0.3 is 0 Å². The molecule has 3 aromatic rings. The Kier molecular flexibility index (Phi) is 6.06. The number of rotatable bonds is 9. The minimum Gasteiger partial charge on any atom is -0.437 e. The van der Waals surface area contributed by atoms with Gasteiger partial charge in [0.1, 0.15) is 18.2 Å². The molecule has 1 heterocycles. The normalized spacial score (nSPS) is 14.1. The van der Waals surface area contributed by atoms with E-state index in [0.29, 0.717) is 12.6 Å². The molecule has 4 rings (SSSR count). The van der Waals surface area contributed by atoms with Gasteiger partial charge in [0.05, 0.1) is 0 Å². The zero-order valence-corrected chi connectivity index (χ0v) is 19.4. The van der Waals surface area contributed by atoms with Crippen LogP contribution in [0.25, 0.3) is 11.1 Å². The summed E-state index contributed by atoms with van der Waals surface area (Å²) in [5.41, 5.74) is 4.62. The minimum atomic E-state index is -1.11. The SMILES string of the molecule is Cc1nnn(COCC[Si](C)(C)C)c1Oc1ccc(-c2ccc(C3CC3)cc2)cc1. The van der Waals surface area contributed by atoms with Crippen molar-refractivity contribution in [3.05, 3.63) is 59.8 Å². The molecule has 1 fully saturated rings. The fourth-order valence-corrected chi connectivity index (χ4v) is 4.08. The Morgan fingerprint density at radius 2 is 1.60 bits per heavy atom. The fraction of sp³-hybridized carbons (Fsp3) is 0.417. The smallest absolute Gasteiger partial charge is 0.243 e. The number of ether oxygens (including phenoxy) is 2. The van der Waals surface area contributed by atoms with Gasteiger partial charge in [-0.1, -0.05) is 61.3 Å². The first-order valence-electron chi connectivity index (χ1n) is 10.8. The summed E-state index contributed by atoms with van der Waals surface area (Å²) < 4.78 is 13.6. The van der Waals surface area contributed by atoms with Crippen LogP contribution in [0, 0.1) is 6.92 Å². The lowest BCUT2D eigenvalue weighted by molar-refractivity contribution is 0.0722. The van der Waals surface area contributed by atoms with Crippen molar-refractivity contribution in [2.45, 2.75) is 58.1 Å². The molecule has 0 saturated heterocycles. The molecule has 0 unspecified atom stereocenters. The predicted molar refractivity (Wildman–Crippen MR) is 123 cm³/mol. The first-order valence-corrected chi connectivity index (χ1v) is 14.5. The molecule has 0 spiro atoms. The largest absolute Gasteiger partial charge is 0.437 e. The second-order valence-electron chi connectivity index (χ2n) is 9.35. The molecular formula is C24H31N3O2Si. The zero-order valence-electron chi connectivity index (χ0n) is 18.4.